The van der Waals surface area contributed by atoms with Gasteiger partial charge in [0, 0.05) is 39.4 Å². The van der Waals surface area contributed by atoms with Crippen LogP contribution in [-0.4, -0.2) is 6.71 Å². The molecule has 1 aromatic heterocycles. The molecule has 4 heteroatoms. The molecular weight excluding hydrogens is 787 g/mol. The molecule has 0 saturated heterocycles. The molecule has 5 aliphatic rings. The molecule has 3 aliphatic carbocycles. The van der Waals surface area contributed by atoms with Gasteiger partial charge in [-0.15, -0.1) is 0 Å². The highest BCUT2D eigenvalue weighted by molar-refractivity contribution is 6.99. The fraction of sp³-hybridized carbons (Fsp3) is 0.541. The molecule has 5 aromatic rings. The topological polar surface area (TPSA) is 19.6 Å². The molecule has 0 radical (unpaired) electrons. The zero-order valence-electron chi connectivity index (χ0n) is 43.9. The molecule has 65 heavy (non-hydrogen) atoms. The Bertz CT molecular complexity index is 2810. The van der Waals surface area contributed by atoms with E-state index in [1.54, 1.807) is 0 Å². The second-order valence-corrected chi connectivity index (χ2v) is 27.5. The normalized spacial score (nSPS) is 21.4. The van der Waals surface area contributed by atoms with Crippen molar-refractivity contribution in [1.82, 2.24) is 0 Å². The first-order chi connectivity index (χ1) is 29.9. The van der Waals surface area contributed by atoms with Crippen LogP contribution in [0.25, 0.3) is 0 Å². The molecule has 3 nitrogen and oxygen atoms in total. The summed E-state index contributed by atoms with van der Waals surface area (Å²) in [6.45, 7) is 46.3. The van der Waals surface area contributed by atoms with Crippen molar-refractivity contribution in [3.8, 4) is 0 Å². The number of fused-ring (bicyclic) bond motifs is 9. The number of hydrogen-bond donors (Lipinski definition) is 0. The van der Waals surface area contributed by atoms with Crippen molar-refractivity contribution in [3.63, 3.8) is 0 Å². The molecule has 2 aliphatic heterocycles. The maximum Gasteiger partial charge on any atom is 0.297 e. The SMILES string of the molecule is Cc1cc2c(cc1N1c3cc(C(C)(C)C)cc4c3B(c3ccc5c(c31)C(C)(C)CCC5(C)C)c1oc3c(c1N4c1ccc(C(C)(C)C)cc1)C(C)(C)CCC3(C)C)C(C)(C)CCC2(C)C. The van der Waals surface area contributed by atoms with E-state index < -0.39 is 0 Å². The first-order valence-corrected chi connectivity index (χ1v) is 25.3. The zero-order valence-corrected chi connectivity index (χ0v) is 43.9. The fourth-order valence-corrected chi connectivity index (χ4v) is 13.0. The van der Waals surface area contributed by atoms with Crippen molar-refractivity contribution in [2.75, 3.05) is 9.80 Å². The summed E-state index contributed by atoms with van der Waals surface area (Å²) in [5, 5.41) is 0. The summed E-state index contributed by atoms with van der Waals surface area (Å²) >= 11 is 0. The molecule has 0 unspecified atom stereocenters. The van der Waals surface area contributed by atoms with Crippen LogP contribution in [0.5, 0.6) is 0 Å². The first kappa shape index (κ1) is 44.7. The summed E-state index contributed by atoms with van der Waals surface area (Å²) in [7, 11) is 0. The molecule has 342 valence electrons. The predicted octanol–water partition coefficient (Wildman–Crippen LogP) is 15.3. The Morgan fingerprint density at radius 1 is 0.477 bits per heavy atom. The van der Waals surface area contributed by atoms with Gasteiger partial charge in [-0.2, -0.15) is 0 Å². The van der Waals surface area contributed by atoms with Crippen molar-refractivity contribution in [3.05, 3.63) is 111 Å². The van der Waals surface area contributed by atoms with Crippen LogP contribution in [0.4, 0.5) is 34.1 Å². The van der Waals surface area contributed by atoms with E-state index in [2.05, 4.69) is 202 Å². The van der Waals surface area contributed by atoms with E-state index in [1.807, 2.05) is 0 Å². The van der Waals surface area contributed by atoms with Crippen molar-refractivity contribution >= 4 is 57.4 Å². The van der Waals surface area contributed by atoms with E-state index in [0.717, 1.165) is 24.9 Å². The minimum absolute atomic E-state index is 0.0372. The van der Waals surface area contributed by atoms with E-state index in [4.69, 9.17) is 4.42 Å². The lowest BCUT2D eigenvalue weighted by atomic mass is 9.34. The van der Waals surface area contributed by atoms with Crippen molar-refractivity contribution in [2.24, 2.45) is 0 Å². The average Bonchev–Trinajstić information content (AvgIpc) is 3.62. The van der Waals surface area contributed by atoms with Crippen LogP contribution in [0, 0.1) is 6.92 Å². The molecule has 0 atom stereocenters. The zero-order chi connectivity index (χ0) is 47.1. The van der Waals surface area contributed by atoms with Gasteiger partial charge >= 0.3 is 0 Å². The molecule has 0 bridgehead atoms. The molecule has 0 spiro atoms. The summed E-state index contributed by atoms with van der Waals surface area (Å²) in [5.74, 6) is 1.18. The van der Waals surface area contributed by atoms with Crippen LogP contribution in [0.1, 0.15) is 213 Å². The number of nitrogens with zero attached hydrogens (tertiary/aromatic N) is 2. The van der Waals surface area contributed by atoms with Gasteiger partial charge in [0.2, 0.25) is 0 Å². The molecule has 0 N–H and O–H groups in total. The highest BCUT2D eigenvalue weighted by atomic mass is 16.3. The lowest BCUT2D eigenvalue weighted by Crippen LogP contribution is -2.62. The minimum atomic E-state index is -0.111. The quantitative estimate of drug-likeness (QED) is 0.161. The second kappa shape index (κ2) is 13.5. The largest absolute Gasteiger partial charge is 0.472 e. The van der Waals surface area contributed by atoms with Crippen LogP contribution in [0.2, 0.25) is 0 Å². The smallest absolute Gasteiger partial charge is 0.297 e. The standard InChI is InChI=1S/C61H79BN2O/c1-36-32-41-42(58(12,13)27-26-57(41,10)11)35-44(36)64-46-34-38(55(5,6)7)33-45-49(46)62(43-25-24-40-47(50(43)64)59(14,15)29-28-56(40,8)9)53-51(48-52(65-53)61(18,19)31-30-60(48,16)17)63(45)39-22-20-37(21-23-39)54(2,3)4/h20-25,32-35H,26-31H2,1-19H3. The minimum Gasteiger partial charge on any atom is -0.472 e. The molecular formula is C61H79BN2O. The monoisotopic (exact) mass is 867 g/mol. The van der Waals surface area contributed by atoms with Gasteiger partial charge in [0.05, 0.1) is 11.3 Å². The van der Waals surface area contributed by atoms with Gasteiger partial charge in [-0.25, -0.2) is 0 Å². The number of aryl methyl sites for hydroxylation is 1. The van der Waals surface area contributed by atoms with E-state index >= 15 is 0 Å². The first-order valence-electron chi connectivity index (χ1n) is 25.3. The van der Waals surface area contributed by atoms with E-state index in [1.165, 1.54) is 115 Å². The molecule has 4 aromatic carbocycles. The Balaban J connectivity index is 1.40. The van der Waals surface area contributed by atoms with Crippen LogP contribution >= 0.6 is 0 Å². The Labute approximate surface area is 394 Å². The molecule has 0 saturated carbocycles. The summed E-state index contributed by atoms with van der Waals surface area (Å²) in [4.78, 5) is 5.47. The Hall–Kier alpha value is -4.18. The van der Waals surface area contributed by atoms with Gasteiger partial charge in [-0.05, 0) is 164 Å². The van der Waals surface area contributed by atoms with Crippen LogP contribution < -0.4 is 26.4 Å². The van der Waals surface area contributed by atoms with Crippen molar-refractivity contribution < 1.29 is 4.42 Å². The highest BCUT2D eigenvalue weighted by Gasteiger charge is 2.54. The second-order valence-electron chi connectivity index (χ2n) is 27.5. The molecule has 3 heterocycles. The van der Waals surface area contributed by atoms with Crippen LogP contribution in [-0.2, 0) is 43.3 Å². The Morgan fingerprint density at radius 2 is 0.969 bits per heavy atom. The van der Waals surface area contributed by atoms with Crippen LogP contribution in [0.3, 0.4) is 0 Å². The molecule has 0 fully saturated rings. The third-order valence-electron chi connectivity index (χ3n) is 17.8. The Morgan fingerprint density at radius 3 is 1.54 bits per heavy atom. The maximum atomic E-state index is 7.78. The van der Waals surface area contributed by atoms with E-state index in [0.29, 0.717) is 0 Å². The number of rotatable bonds is 2. The Kier molecular flexibility index (Phi) is 9.27. The van der Waals surface area contributed by atoms with Gasteiger partial charge in [-0.3, -0.25) is 0 Å². The van der Waals surface area contributed by atoms with Gasteiger partial charge < -0.3 is 14.2 Å². The lowest BCUT2D eigenvalue weighted by molar-refractivity contribution is 0.282. The van der Waals surface area contributed by atoms with Gasteiger partial charge in [0.1, 0.15) is 5.76 Å². The third-order valence-corrected chi connectivity index (χ3v) is 17.8. The van der Waals surface area contributed by atoms with Crippen LogP contribution in [0.15, 0.2) is 65.1 Å². The maximum absolute atomic E-state index is 7.78. The average molecular weight is 867 g/mol. The van der Waals surface area contributed by atoms with Crippen molar-refractivity contribution in [2.45, 2.75) is 213 Å². The lowest BCUT2D eigenvalue weighted by Gasteiger charge is -2.50. The number of hydrogen-bond acceptors (Lipinski definition) is 3. The number of furan rings is 1. The van der Waals surface area contributed by atoms with Crippen molar-refractivity contribution in [1.29, 1.82) is 0 Å². The summed E-state index contributed by atoms with van der Waals surface area (Å²) in [5.41, 5.74) is 23.1. The number of benzene rings is 4. The summed E-state index contributed by atoms with van der Waals surface area (Å²) in [6.07, 6.45) is 6.92. The summed E-state index contributed by atoms with van der Waals surface area (Å²) in [6, 6.07) is 25.1. The van der Waals surface area contributed by atoms with E-state index in [9.17, 15) is 0 Å². The fourth-order valence-electron chi connectivity index (χ4n) is 13.0. The molecule has 0 amide bonds. The third kappa shape index (κ3) is 6.47. The van der Waals surface area contributed by atoms with Gasteiger partial charge in [0.15, 0.2) is 0 Å². The number of anilines is 6. The van der Waals surface area contributed by atoms with Gasteiger partial charge in [0.25, 0.3) is 6.71 Å². The van der Waals surface area contributed by atoms with E-state index in [-0.39, 0.29) is 50.0 Å². The molecule has 10 rings (SSSR count). The summed E-state index contributed by atoms with van der Waals surface area (Å²) < 4.78 is 7.78. The van der Waals surface area contributed by atoms with Gasteiger partial charge in [-0.1, -0.05) is 155 Å². The highest BCUT2D eigenvalue weighted by Crippen LogP contribution is 2.58. The predicted molar refractivity (Wildman–Crippen MR) is 281 cm³/mol.